The highest BCUT2D eigenvalue weighted by atomic mass is 32.1. The average molecular weight is 447 g/mol. The molecule has 0 bridgehead atoms. The lowest BCUT2D eigenvalue weighted by molar-refractivity contribution is -0.133. The molecule has 11 heteroatoms. The topological polar surface area (TPSA) is 101 Å². The summed E-state index contributed by atoms with van der Waals surface area (Å²) in [6.45, 7) is 2.52. The van der Waals surface area contributed by atoms with Crippen LogP contribution in [0.5, 0.6) is 5.88 Å². The van der Waals surface area contributed by atoms with Crippen LogP contribution < -0.4 is 15.4 Å². The molecule has 166 valence electrons. The number of anilines is 2. The molecule has 0 aromatic carbocycles. The van der Waals surface area contributed by atoms with E-state index < -0.39 is 10.6 Å². The van der Waals surface area contributed by atoms with E-state index >= 15 is 0 Å². The number of nitrogens with one attached hydrogen (secondary N) is 3. The van der Waals surface area contributed by atoms with Crippen molar-refractivity contribution in [2.45, 2.75) is 61.9 Å². The number of aromatic amines is 1. The van der Waals surface area contributed by atoms with Crippen molar-refractivity contribution in [1.29, 1.82) is 0 Å². The molecule has 1 saturated carbocycles. The Morgan fingerprint density at radius 2 is 2.29 bits per heavy atom. The molecule has 2 aromatic heterocycles. The van der Waals surface area contributed by atoms with Gasteiger partial charge in [0.25, 0.3) is 6.47 Å². The van der Waals surface area contributed by atoms with Crippen molar-refractivity contribution >= 4 is 38.5 Å². The molecule has 31 heavy (non-hydrogen) atoms. The standard InChI is InChI=1S/C20H27BFN5O3S/c1-12(23-2)5-6-20(21,31)30-19-9-17(15(22)10-24-19)25-18-8-16(26-27-18)13-3-4-14(7-13)29-11-28/h8-14,23,31H,3-7H2,1-2H3,(H2,24,25,26,27). The van der Waals surface area contributed by atoms with Crippen molar-refractivity contribution in [2.75, 3.05) is 12.4 Å². The van der Waals surface area contributed by atoms with Gasteiger partial charge >= 0.3 is 0 Å². The number of hydrogen-bond donors (Lipinski definition) is 4. The van der Waals surface area contributed by atoms with Crippen LogP contribution in [0.2, 0.25) is 0 Å². The van der Waals surface area contributed by atoms with Crippen LogP contribution in [0.3, 0.4) is 0 Å². The molecule has 1 aliphatic rings. The van der Waals surface area contributed by atoms with E-state index in [1.807, 2.05) is 20.0 Å². The molecule has 3 rings (SSSR count). The van der Waals surface area contributed by atoms with Crippen molar-refractivity contribution in [3.63, 3.8) is 0 Å². The van der Waals surface area contributed by atoms with Gasteiger partial charge in [-0.1, -0.05) is 0 Å². The van der Waals surface area contributed by atoms with E-state index in [1.54, 1.807) is 0 Å². The number of halogens is 1. The maximum absolute atomic E-state index is 14.3. The number of carbonyl (C=O) groups is 1. The van der Waals surface area contributed by atoms with Gasteiger partial charge in [0, 0.05) is 29.8 Å². The van der Waals surface area contributed by atoms with Crippen molar-refractivity contribution in [3.05, 3.63) is 29.8 Å². The maximum atomic E-state index is 14.3. The number of nitrogens with zero attached hydrogens (tertiary/aromatic N) is 2. The number of hydrogen-bond acceptors (Lipinski definition) is 8. The molecule has 2 aromatic rings. The Kier molecular flexibility index (Phi) is 7.82. The fraction of sp³-hybridized carbons (Fsp3) is 0.550. The van der Waals surface area contributed by atoms with Gasteiger partial charge in [-0.05, 0) is 46.1 Å². The van der Waals surface area contributed by atoms with E-state index in [1.165, 1.54) is 6.07 Å². The van der Waals surface area contributed by atoms with Crippen molar-refractivity contribution in [1.82, 2.24) is 20.5 Å². The Labute approximate surface area is 187 Å². The van der Waals surface area contributed by atoms with Gasteiger partial charge < -0.3 is 20.1 Å². The van der Waals surface area contributed by atoms with Gasteiger partial charge in [-0.25, -0.2) is 9.37 Å². The van der Waals surface area contributed by atoms with Crippen LogP contribution in [0.1, 0.15) is 50.6 Å². The van der Waals surface area contributed by atoms with Crippen LogP contribution >= 0.6 is 12.6 Å². The van der Waals surface area contributed by atoms with Crippen molar-refractivity contribution in [3.8, 4) is 5.88 Å². The zero-order chi connectivity index (χ0) is 22.4. The Balaban J connectivity index is 1.63. The molecule has 3 N–H and O–H groups in total. The Bertz CT molecular complexity index is 884. The lowest BCUT2D eigenvalue weighted by Crippen LogP contribution is -2.33. The molecule has 0 amide bonds. The molecule has 2 radical (unpaired) electrons. The summed E-state index contributed by atoms with van der Waals surface area (Å²) in [6.07, 6.45) is 4.63. The van der Waals surface area contributed by atoms with E-state index in [9.17, 15) is 9.18 Å². The molecular weight excluding hydrogens is 420 g/mol. The minimum absolute atomic E-state index is 0.0755. The van der Waals surface area contributed by atoms with Crippen LogP contribution in [-0.4, -0.2) is 53.5 Å². The first-order chi connectivity index (χ1) is 14.8. The zero-order valence-electron chi connectivity index (χ0n) is 17.6. The first kappa shape index (κ1) is 23.4. The van der Waals surface area contributed by atoms with Gasteiger partial charge in [-0.15, -0.1) is 12.6 Å². The average Bonchev–Trinajstić information content (AvgIpc) is 3.38. The normalized spacial score (nSPS) is 21.3. The summed E-state index contributed by atoms with van der Waals surface area (Å²) in [7, 11) is 7.98. The molecule has 1 aliphatic carbocycles. The maximum Gasteiger partial charge on any atom is 0.293 e. The number of ether oxygens (including phenoxy) is 2. The summed E-state index contributed by atoms with van der Waals surface area (Å²) in [5.74, 6) is 0.261. The van der Waals surface area contributed by atoms with Crippen LogP contribution in [0.15, 0.2) is 18.3 Å². The second-order valence-corrected chi connectivity index (χ2v) is 8.63. The van der Waals surface area contributed by atoms with Gasteiger partial charge in [0.1, 0.15) is 18.8 Å². The first-order valence-corrected chi connectivity index (χ1v) is 10.7. The van der Waals surface area contributed by atoms with Crippen LogP contribution in [-0.2, 0) is 9.53 Å². The largest absolute Gasteiger partial charge is 0.471 e. The quantitative estimate of drug-likeness (QED) is 0.182. The molecule has 0 aliphatic heterocycles. The van der Waals surface area contributed by atoms with Crippen molar-refractivity contribution in [2.24, 2.45) is 0 Å². The van der Waals surface area contributed by atoms with Crippen LogP contribution in [0.4, 0.5) is 15.9 Å². The molecule has 8 nitrogen and oxygen atoms in total. The summed E-state index contributed by atoms with van der Waals surface area (Å²) in [4.78, 5) is 13.2. The summed E-state index contributed by atoms with van der Waals surface area (Å²) >= 11 is 4.37. The van der Waals surface area contributed by atoms with Gasteiger partial charge in [0.05, 0.1) is 11.9 Å². The fourth-order valence-electron chi connectivity index (χ4n) is 3.54. The second kappa shape index (κ2) is 10.4. The zero-order valence-corrected chi connectivity index (χ0v) is 18.5. The van der Waals surface area contributed by atoms with E-state index in [0.717, 1.165) is 37.6 Å². The molecule has 0 spiro atoms. The number of carbonyl (C=O) groups excluding carboxylic acids is 1. The monoisotopic (exact) mass is 447 g/mol. The molecule has 1 fully saturated rings. The van der Waals surface area contributed by atoms with E-state index in [-0.39, 0.29) is 29.6 Å². The third-order valence-electron chi connectivity index (χ3n) is 5.47. The molecule has 2 heterocycles. The highest BCUT2D eigenvalue weighted by Gasteiger charge is 2.28. The highest BCUT2D eigenvalue weighted by Crippen LogP contribution is 2.36. The Morgan fingerprint density at radius 3 is 3.03 bits per heavy atom. The van der Waals surface area contributed by atoms with Gasteiger partial charge in [0.15, 0.2) is 11.6 Å². The minimum Gasteiger partial charge on any atom is -0.471 e. The third kappa shape index (κ3) is 6.61. The van der Waals surface area contributed by atoms with Crippen molar-refractivity contribution < 1.29 is 18.7 Å². The number of H-pyrrole nitrogens is 1. The second-order valence-electron chi connectivity index (χ2n) is 7.88. The van der Waals surface area contributed by atoms with Gasteiger partial charge in [-0.3, -0.25) is 9.89 Å². The van der Waals surface area contributed by atoms with E-state index in [2.05, 4.69) is 38.4 Å². The highest BCUT2D eigenvalue weighted by molar-refractivity contribution is 7.83. The number of aromatic nitrogens is 3. The summed E-state index contributed by atoms with van der Waals surface area (Å²) < 4.78 is 25.0. The molecule has 4 unspecified atom stereocenters. The van der Waals surface area contributed by atoms with Crippen LogP contribution in [0, 0.1) is 5.82 Å². The molecule has 4 atom stereocenters. The molecule has 0 saturated heterocycles. The SMILES string of the molecule is [B]C(S)(CCC(C)NC)Oc1cc(Nc2cc(C3CCC(OC=O)C3)[nH]n2)c(F)cn1. The van der Waals surface area contributed by atoms with Crippen LogP contribution in [0.25, 0.3) is 0 Å². The summed E-state index contributed by atoms with van der Waals surface area (Å²) in [5.41, 5.74) is 1.06. The fourth-order valence-corrected chi connectivity index (χ4v) is 3.77. The predicted molar refractivity (Wildman–Crippen MR) is 119 cm³/mol. The Hall–Kier alpha value is -2.27. The smallest absolute Gasteiger partial charge is 0.293 e. The summed E-state index contributed by atoms with van der Waals surface area (Å²) in [6, 6.07) is 3.50. The lowest BCUT2D eigenvalue weighted by Gasteiger charge is -2.27. The number of rotatable bonds is 11. The molecular formula is C20H27BFN5O3S. The summed E-state index contributed by atoms with van der Waals surface area (Å²) in [5, 5.41) is 13.2. The minimum atomic E-state index is -1.24. The number of pyridine rings is 1. The van der Waals surface area contributed by atoms with E-state index in [0.29, 0.717) is 18.7 Å². The predicted octanol–water partition coefficient (Wildman–Crippen LogP) is 3.02. The Morgan fingerprint density at radius 1 is 1.48 bits per heavy atom. The van der Waals surface area contributed by atoms with Gasteiger partial charge in [0.2, 0.25) is 5.88 Å². The number of thiol groups is 1. The first-order valence-electron chi connectivity index (χ1n) is 10.2. The van der Waals surface area contributed by atoms with E-state index in [4.69, 9.17) is 17.3 Å². The third-order valence-corrected chi connectivity index (χ3v) is 5.79. The lowest BCUT2D eigenvalue weighted by atomic mass is 9.92. The van der Waals surface area contributed by atoms with Gasteiger partial charge in [-0.2, -0.15) is 5.10 Å².